The number of nitrogens with zero attached hydrogens (tertiary/aromatic N) is 1. The minimum Gasteiger partial charge on any atom is -0.379 e. The van der Waals surface area contributed by atoms with Gasteiger partial charge in [-0.25, -0.2) is 0 Å². The molecule has 1 aromatic carbocycles. The minimum atomic E-state index is -0.0963. The Bertz CT molecular complexity index is 642. The number of carbonyl (C=O) groups excluding carboxylic acids is 1. The van der Waals surface area contributed by atoms with Crippen molar-refractivity contribution in [2.24, 2.45) is 0 Å². The molecule has 1 aromatic heterocycles. The molecule has 122 valence electrons. The van der Waals surface area contributed by atoms with Gasteiger partial charge in [0.05, 0.1) is 19.3 Å². The van der Waals surface area contributed by atoms with Crippen LogP contribution in [0.4, 0.5) is 0 Å². The van der Waals surface area contributed by atoms with Crippen LogP contribution < -0.4 is 5.32 Å². The quantitative estimate of drug-likeness (QED) is 0.900. The van der Waals surface area contributed by atoms with Crippen molar-refractivity contribution in [2.75, 3.05) is 32.8 Å². The molecule has 0 bridgehead atoms. The maximum Gasteiger partial charge on any atom is 0.251 e. The third-order valence-electron chi connectivity index (χ3n) is 3.96. The van der Waals surface area contributed by atoms with Crippen molar-refractivity contribution in [1.29, 1.82) is 0 Å². The summed E-state index contributed by atoms with van der Waals surface area (Å²) < 4.78 is 5.43. The number of amides is 1. The molecular weight excluding hydrogens is 332 g/mol. The molecule has 1 aliphatic heterocycles. The number of hydrogen-bond acceptors (Lipinski definition) is 4. The molecule has 0 saturated carbocycles. The van der Waals surface area contributed by atoms with Crippen LogP contribution in [0.2, 0.25) is 5.02 Å². The van der Waals surface area contributed by atoms with E-state index in [9.17, 15) is 4.79 Å². The number of thiophene rings is 1. The maximum atomic E-state index is 12.3. The van der Waals surface area contributed by atoms with Crippen molar-refractivity contribution in [3.63, 3.8) is 0 Å². The van der Waals surface area contributed by atoms with E-state index in [1.54, 1.807) is 35.6 Å². The number of morpholine rings is 1. The number of hydrogen-bond donors (Lipinski definition) is 1. The second kappa shape index (κ2) is 7.93. The predicted molar refractivity (Wildman–Crippen MR) is 93.2 cm³/mol. The van der Waals surface area contributed by atoms with Crippen molar-refractivity contribution in [1.82, 2.24) is 10.2 Å². The summed E-state index contributed by atoms with van der Waals surface area (Å²) in [5.74, 6) is -0.0963. The first-order chi connectivity index (χ1) is 11.2. The number of benzene rings is 1. The first kappa shape index (κ1) is 16.5. The number of nitrogens with one attached hydrogen (secondary N) is 1. The molecule has 2 aromatic rings. The van der Waals surface area contributed by atoms with E-state index in [0.29, 0.717) is 17.1 Å². The number of carbonyl (C=O) groups is 1. The number of rotatable bonds is 5. The number of halogens is 1. The summed E-state index contributed by atoms with van der Waals surface area (Å²) in [6, 6.07) is 9.31. The van der Waals surface area contributed by atoms with Crippen LogP contribution >= 0.6 is 22.9 Å². The lowest BCUT2D eigenvalue weighted by molar-refractivity contribution is 0.0163. The van der Waals surface area contributed by atoms with Gasteiger partial charge in [0.2, 0.25) is 0 Å². The molecule has 1 aliphatic rings. The minimum absolute atomic E-state index is 0.0963. The summed E-state index contributed by atoms with van der Waals surface area (Å²) in [5.41, 5.74) is 1.83. The van der Waals surface area contributed by atoms with Gasteiger partial charge in [-0.1, -0.05) is 17.7 Å². The molecule has 3 rings (SSSR count). The smallest absolute Gasteiger partial charge is 0.251 e. The topological polar surface area (TPSA) is 41.6 Å². The van der Waals surface area contributed by atoms with Gasteiger partial charge in [0.15, 0.2) is 0 Å². The molecule has 0 aliphatic carbocycles. The zero-order chi connectivity index (χ0) is 16.1. The third kappa shape index (κ3) is 4.32. The Kier molecular flexibility index (Phi) is 5.67. The van der Waals surface area contributed by atoms with E-state index in [-0.39, 0.29) is 11.9 Å². The summed E-state index contributed by atoms with van der Waals surface area (Å²) in [4.78, 5) is 14.7. The van der Waals surface area contributed by atoms with Crippen LogP contribution in [-0.4, -0.2) is 43.7 Å². The molecule has 4 nitrogen and oxygen atoms in total. The van der Waals surface area contributed by atoms with Crippen LogP contribution in [0.15, 0.2) is 41.1 Å². The van der Waals surface area contributed by atoms with E-state index in [1.807, 2.05) is 0 Å². The van der Waals surface area contributed by atoms with Crippen molar-refractivity contribution < 1.29 is 9.53 Å². The molecule has 23 heavy (non-hydrogen) atoms. The highest BCUT2D eigenvalue weighted by atomic mass is 35.5. The Morgan fingerprint density at radius 1 is 1.35 bits per heavy atom. The van der Waals surface area contributed by atoms with Gasteiger partial charge < -0.3 is 10.1 Å². The van der Waals surface area contributed by atoms with E-state index < -0.39 is 0 Å². The summed E-state index contributed by atoms with van der Waals surface area (Å²) in [6.07, 6.45) is 0. The summed E-state index contributed by atoms with van der Waals surface area (Å²) in [7, 11) is 0. The molecule has 1 N–H and O–H groups in total. The molecular formula is C17H19ClN2O2S. The Morgan fingerprint density at radius 2 is 2.17 bits per heavy atom. The molecule has 1 amide bonds. The van der Waals surface area contributed by atoms with Crippen molar-refractivity contribution in [3.05, 3.63) is 57.2 Å². The molecule has 0 radical (unpaired) electrons. The van der Waals surface area contributed by atoms with Gasteiger partial charge in [-0.3, -0.25) is 9.69 Å². The average molecular weight is 351 g/mol. The molecule has 6 heteroatoms. The second-order valence-corrected chi connectivity index (χ2v) is 6.66. The Labute approximate surface area is 145 Å². The standard InChI is InChI=1S/C17H19ClN2O2S/c18-15-3-1-2-13(10-15)17(21)19-11-16(14-4-9-23-12-14)20-5-7-22-8-6-20/h1-4,9-10,12,16H,5-8,11H2,(H,19,21)/t16-/m1/s1. The fourth-order valence-electron chi connectivity index (χ4n) is 2.73. The molecule has 1 fully saturated rings. The lowest BCUT2D eigenvalue weighted by Gasteiger charge is -2.34. The van der Waals surface area contributed by atoms with Crippen LogP contribution in [0.1, 0.15) is 22.0 Å². The average Bonchev–Trinajstić information content (AvgIpc) is 3.10. The van der Waals surface area contributed by atoms with Crippen molar-refractivity contribution in [2.45, 2.75) is 6.04 Å². The van der Waals surface area contributed by atoms with Crippen LogP contribution in [0, 0.1) is 0 Å². The van der Waals surface area contributed by atoms with Gasteiger partial charge in [0.1, 0.15) is 0 Å². The van der Waals surface area contributed by atoms with Gasteiger partial charge in [-0.15, -0.1) is 0 Å². The zero-order valence-corrected chi connectivity index (χ0v) is 14.3. The van der Waals surface area contributed by atoms with E-state index in [0.717, 1.165) is 26.3 Å². The SMILES string of the molecule is O=C(NC[C@H](c1ccsc1)N1CCOCC1)c1cccc(Cl)c1. The molecule has 0 spiro atoms. The first-order valence-corrected chi connectivity index (χ1v) is 8.94. The lowest BCUT2D eigenvalue weighted by Crippen LogP contribution is -2.43. The van der Waals surface area contributed by atoms with Gasteiger partial charge in [0.25, 0.3) is 5.91 Å². The Balaban J connectivity index is 1.67. The van der Waals surface area contributed by atoms with Crippen LogP contribution in [0.3, 0.4) is 0 Å². The van der Waals surface area contributed by atoms with E-state index >= 15 is 0 Å². The van der Waals surface area contributed by atoms with Gasteiger partial charge >= 0.3 is 0 Å². The normalized spacial score (nSPS) is 16.9. The lowest BCUT2D eigenvalue weighted by atomic mass is 10.1. The van der Waals surface area contributed by atoms with Gasteiger partial charge in [0, 0.05) is 30.2 Å². The second-order valence-electron chi connectivity index (χ2n) is 5.44. The molecule has 1 saturated heterocycles. The monoisotopic (exact) mass is 350 g/mol. The van der Waals surface area contributed by atoms with Crippen molar-refractivity contribution >= 4 is 28.8 Å². The molecule has 2 heterocycles. The van der Waals surface area contributed by atoms with Gasteiger partial charge in [-0.05, 0) is 40.6 Å². The fraction of sp³-hybridized carbons (Fsp3) is 0.353. The Hall–Kier alpha value is -1.40. The Morgan fingerprint density at radius 3 is 2.87 bits per heavy atom. The van der Waals surface area contributed by atoms with E-state index in [2.05, 4.69) is 27.0 Å². The van der Waals surface area contributed by atoms with E-state index in [1.165, 1.54) is 5.56 Å². The summed E-state index contributed by atoms with van der Waals surface area (Å²) >= 11 is 7.63. The highest BCUT2D eigenvalue weighted by Gasteiger charge is 2.23. The predicted octanol–water partition coefficient (Wildman–Crippen LogP) is 3.20. The number of ether oxygens (including phenoxy) is 1. The van der Waals surface area contributed by atoms with Gasteiger partial charge in [-0.2, -0.15) is 11.3 Å². The summed E-state index contributed by atoms with van der Waals surface area (Å²) in [6.45, 7) is 3.81. The highest BCUT2D eigenvalue weighted by molar-refractivity contribution is 7.07. The molecule has 0 unspecified atom stereocenters. The van der Waals surface area contributed by atoms with Crippen LogP contribution in [0.5, 0.6) is 0 Å². The van der Waals surface area contributed by atoms with Crippen LogP contribution in [0.25, 0.3) is 0 Å². The zero-order valence-electron chi connectivity index (χ0n) is 12.7. The molecule has 1 atom stereocenters. The first-order valence-electron chi connectivity index (χ1n) is 7.62. The highest BCUT2D eigenvalue weighted by Crippen LogP contribution is 2.23. The van der Waals surface area contributed by atoms with Crippen molar-refractivity contribution in [3.8, 4) is 0 Å². The largest absolute Gasteiger partial charge is 0.379 e. The van der Waals surface area contributed by atoms with E-state index in [4.69, 9.17) is 16.3 Å². The third-order valence-corrected chi connectivity index (χ3v) is 4.89. The van der Waals surface area contributed by atoms with Crippen LogP contribution in [-0.2, 0) is 4.74 Å². The summed E-state index contributed by atoms with van der Waals surface area (Å²) in [5, 5.41) is 7.82. The maximum absolute atomic E-state index is 12.3. The fourth-order valence-corrected chi connectivity index (χ4v) is 3.63.